The van der Waals surface area contributed by atoms with E-state index in [0.717, 1.165) is 50.6 Å². The number of imidazole rings is 1. The van der Waals surface area contributed by atoms with E-state index < -0.39 is 17.7 Å². The molecule has 2 fully saturated rings. The first-order valence-electron chi connectivity index (χ1n) is 12.1. The number of aromatic nitrogens is 2. The molecule has 1 aliphatic carbocycles. The molecule has 7 nitrogen and oxygen atoms in total. The van der Waals surface area contributed by atoms with Crippen molar-refractivity contribution in [3.8, 4) is 0 Å². The highest BCUT2D eigenvalue weighted by atomic mass is 19.4. The molecular formula is C25H30F3N3O4. The molecule has 0 bridgehead atoms. The quantitative estimate of drug-likeness (QED) is 0.656. The maximum absolute atomic E-state index is 13.5. The Morgan fingerprint density at radius 1 is 1.03 bits per heavy atom. The summed E-state index contributed by atoms with van der Waals surface area (Å²) in [5.74, 6) is -2.01. The van der Waals surface area contributed by atoms with Crippen LogP contribution in [0.2, 0.25) is 0 Å². The second-order valence-corrected chi connectivity index (χ2v) is 9.48. The summed E-state index contributed by atoms with van der Waals surface area (Å²) >= 11 is 0. The van der Waals surface area contributed by atoms with Crippen LogP contribution >= 0.6 is 0 Å². The van der Waals surface area contributed by atoms with Crippen molar-refractivity contribution in [1.29, 1.82) is 0 Å². The van der Waals surface area contributed by atoms with Crippen LogP contribution in [-0.4, -0.2) is 55.3 Å². The number of carbonyl (C=O) groups is 2. The first-order chi connectivity index (χ1) is 16.6. The molecule has 3 heterocycles. The molecule has 3 atom stereocenters. The number of amides is 1. The smallest absolute Gasteiger partial charge is 0.475 e. The van der Waals surface area contributed by atoms with E-state index in [2.05, 4.69) is 9.55 Å². The molecule has 0 radical (unpaired) electrons. The Labute approximate surface area is 201 Å². The summed E-state index contributed by atoms with van der Waals surface area (Å²) in [6.45, 7) is 1.49. The average Bonchev–Trinajstić information content (AvgIpc) is 3.29. The lowest BCUT2D eigenvalue weighted by molar-refractivity contribution is -0.192. The van der Waals surface area contributed by atoms with Crippen molar-refractivity contribution < 1.29 is 33.0 Å². The maximum Gasteiger partial charge on any atom is 0.490 e. The fraction of sp³-hybridized carbons (Fsp3) is 0.560. The summed E-state index contributed by atoms with van der Waals surface area (Å²) in [4.78, 5) is 28.9. The lowest BCUT2D eigenvalue weighted by Gasteiger charge is -2.52. The minimum atomic E-state index is -5.08. The molecule has 1 aromatic heterocycles. The molecule has 2 N–H and O–H groups in total. The van der Waals surface area contributed by atoms with Crippen LogP contribution in [0.15, 0.2) is 36.5 Å². The molecule has 2 aliphatic heterocycles. The number of likely N-dealkylation sites (tertiary alicyclic amines) is 1. The number of aliphatic hydroxyl groups is 1. The number of rotatable bonds is 2. The topological polar surface area (TPSA) is 95.7 Å². The van der Waals surface area contributed by atoms with Crippen LogP contribution in [0.1, 0.15) is 66.8 Å². The number of carbonyl (C=O) groups excluding carboxylic acids is 1. The van der Waals surface area contributed by atoms with Crippen molar-refractivity contribution in [3.05, 3.63) is 53.6 Å². The number of hydrogen-bond acceptors (Lipinski definition) is 4. The van der Waals surface area contributed by atoms with E-state index in [1.54, 1.807) is 0 Å². The van der Waals surface area contributed by atoms with Crippen LogP contribution in [0.3, 0.4) is 0 Å². The third kappa shape index (κ3) is 5.07. The SMILES string of the molecule is O=C(O)C(F)(F)F.O=C(c1ncc2n1CCCC2)N1CCC(O)(c2ccccc2)C2CCCCC21. The molecule has 1 saturated heterocycles. The normalized spacial score (nSPS) is 26.1. The number of nitrogens with zero attached hydrogens (tertiary/aromatic N) is 3. The molecule has 190 valence electrons. The number of fused-ring (bicyclic) bond motifs is 2. The number of alkyl halides is 3. The number of carboxylic acids is 1. The van der Waals surface area contributed by atoms with Gasteiger partial charge in [-0.2, -0.15) is 13.2 Å². The number of benzene rings is 1. The Balaban J connectivity index is 0.000000364. The van der Waals surface area contributed by atoms with Gasteiger partial charge in [0.25, 0.3) is 5.91 Å². The number of aryl methyl sites for hydroxylation is 1. The molecule has 3 unspecified atom stereocenters. The number of halogens is 3. The van der Waals surface area contributed by atoms with Gasteiger partial charge < -0.3 is 19.7 Å². The van der Waals surface area contributed by atoms with Crippen LogP contribution < -0.4 is 0 Å². The van der Waals surface area contributed by atoms with Crippen molar-refractivity contribution in [2.24, 2.45) is 5.92 Å². The summed E-state index contributed by atoms with van der Waals surface area (Å²) in [6, 6.07) is 10.2. The zero-order chi connectivity index (χ0) is 25.2. The van der Waals surface area contributed by atoms with Crippen LogP contribution in [0.4, 0.5) is 13.2 Å². The fourth-order valence-electron chi connectivity index (χ4n) is 5.76. The van der Waals surface area contributed by atoms with E-state index in [4.69, 9.17) is 9.90 Å². The van der Waals surface area contributed by atoms with Crippen molar-refractivity contribution in [2.75, 3.05) is 6.54 Å². The van der Waals surface area contributed by atoms with Gasteiger partial charge >= 0.3 is 12.1 Å². The van der Waals surface area contributed by atoms with Crippen molar-refractivity contribution in [2.45, 2.75) is 75.7 Å². The van der Waals surface area contributed by atoms with E-state index in [1.165, 1.54) is 12.1 Å². The highest BCUT2D eigenvalue weighted by molar-refractivity contribution is 5.91. The van der Waals surface area contributed by atoms with Gasteiger partial charge in [-0.1, -0.05) is 43.2 Å². The molecule has 5 rings (SSSR count). The predicted octanol–water partition coefficient (Wildman–Crippen LogP) is 4.15. The van der Waals surface area contributed by atoms with Crippen LogP contribution in [0, 0.1) is 5.92 Å². The fourth-order valence-corrected chi connectivity index (χ4v) is 5.76. The van der Waals surface area contributed by atoms with Crippen molar-refractivity contribution in [1.82, 2.24) is 14.5 Å². The molecule has 35 heavy (non-hydrogen) atoms. The third-order valence-corrected chi connectivity index (χ3v) is 7.45. The van der Waals surface area contributed by atoms with Crippen LogP contribution in [-0.2, 0) is 23.4 Å². The zero-order valence-corrected chi connectivity index (χ0v) is 19.4. The van der Waals surface area contributed by atoms with E-state index >= 15 is 0 Å². The van der Waals surface area contributed by atoms with Crippen molar-refractivity contribution >= 4 is 11.9 Å². The van der Waals surface area contributed by atoms with Gasteiger partial charge in [0.05, 0.1) is 5.60 Å². The summed E-state index contributed by atoms with van der Waals surface area (Å²) in [5.41, 5.74) is 1.35. The first kappa shape index (κ1) is 25.2. The average molecular weight is 494 g/mol. The molecule has 1 aromatic carbocycles. The summed E-state index contributed by atoms with van der Waals surface area (Å²) in [5, 5.41) is 18.8. The monoisotopic (exact) mass is 493 g/mol. The number of hydrogen-bond donors (Lipinski definition) is 2. The first-order valence-corrected chi connectivity index (χ1v) is 12.1. The Morgan fingerprint density at radius 3 is 2.40 bits per heavy atom. The molecular weight excluding hydrogens is 463 g/mol. The van der Waals surface area contributed by atoms with Gasteiger partial charge in [0.2, 0.25) is 0 Å². The maximum atomic E-state index is 13.5. The Hall–Kier alpha value is -2.88. The van der Waals surface area contributed by atoms with E-state index in [0.29, 0.717) is 18.8 Å². The van der Waals surface area contributed by atoms with Gasteiger partial charge in [-0.3, -0.25) is 4.79 Å². The van der Waals surface area contributed by atoms with Crippen molar-refractivity contribution in [3.63, 3.8) is 0 Å². The second-order valence-electron chi connectivity index (χ2n) is 9.48. The van der Waals surface area contributed by atoms with E-state index in [1.807, 2.05) is 41.4 Å². The molecule has 10 heteroatoms. The zero-order valence-electron chi connectivity index (χ0n) is 19.4. The van der Waals surface area contributed by atoms with E-state index in [9.17, 15) is 23.1 Å². The molecule has 3 aliphatic rings. The highest BCUT2D eigenvalue weighted by Gasteiger charge is 2.50. The molecule has 1 saturated carbocycles. The minimum absolute atomic E-state index is 0.0557. The van der Waals surface area contributed by atoms with Gasteiger partial charge in [0.15, 0.2) is 5.82 Å². The summed E-state index contributed by atoms with van der Waals surface area (Å²) < 4.78 is 33.9. The number of aliphatic carboxylic acids is 1. The molecule has 1 amide bonds. The summed E-state index contributed by atoms with van der Waals surface area (Å²) in [6.07, 6.45) is 4.89. The van der Waals surface area contributed by atoms with E-state index in [-0.39, 0.29) is 17.9 Å². The third-order valence-electron chi connectivity index (χ3n) is 7.45. The Morgan fingerprint density at radius 2 is 1.71 bits per heavy atom. The van der Waals surface area contributed by atoms with Gasteiger partial charge in [0.1, 0.15) is 0 Å². The van der Waals surface area contributed by atoms with Crippen LogP contribution in [0.5, 0.6) is 0 Å². The minimum Gasteiger partial charge on any atom is -0.475 e. The standard InChI is InChI=1S/C23H29N3O2.C2HF3O2/c27-22(21-24-16-18-10-6-7-14-25(18)21)26-15-13-23(28,17-8-2-1-3-9-17)19-11-4-5-12-20(19)26;3-2(4,5)1(6)7/h1-3,8-9,16,19-20,28H,4-7,10-15H2;(H,6,7). The lowest BCUT2D eigenvalue weighted by atomic mass is 9.66. The number of carboxylic acid groups (broad SMARTS) is 1. The van der Waals surface area contributed by atoms with Gasteiger partial charge in [-0.15, -0.1) is 0 Å². The predicted molar refractivity (Wildman–Crippen MR) is 121 cm³/mol. The molecule has 0 spiro atoms. The van der Waals surface area contributed by atoms with Crippen LogP contribution in [0.25, 0.3) is 0 Å². The Kier molecular flexibility index (Phi) is 7.21. The lowest BCUT2D eigenvalue weighted by Crippen LogP contribution is -2.59. The van der Waals surface area contributed by atoms with Gasteiger partial charge in [-0.05, 0) is 44.1 Å². The second kappa shape index (κ2) is 10.0. The Bertz CT molecular complexity index is 1060. The number of piperidine rings is 1. The summed E-state index contributed by atoms with van der Waals surface area (Å²) in [7, 11) is 0. The van der Waals surface area contributed by atoms with Gasteiger partial charge in [0, 0.05) is 36.9 Å². The highest BCUT2D eigenvalue weighted by Crippen LogP contribution is 2.47. The largest absolute Gasteiger partial charge is 0.490 e. The molecule has 2 aromatic rings. The van der Waals surface area contributed by atoms with Gasteiger partial charge in [-0.25, -0.2) is 9.78 Å².